The highest BCUT2D eigenvalue weighted by atomic mass is 19.1. The molecule has 2 aliphatic rings. The molecule has 1 aromatic carbocycles. The Kier molecular flexibility index (Phi) is 5.44. The number of pyridine rings is 1. The van der Waals surface area contributed by atoms with Gasteiger partial charge >= 0.3 is 0 Å². The SMILES string of the molecule is CCN(C)/N=C1/C=CC(c2cc(F)c(CN3Cc4ncccc4C3=O)cc2F)=CC1. The van der Waals surface area contributed by atoms with E-state index in [1.54, 1.807) is 24.4 Å². The molecule has 0 spiro atoms. The maximum Gasteiger partial charge on any atom is 0.256 e. The molecule has 0 saturated heterocycles. The number of hydrazone groups is 1. The maximum absolute atomic E-state index is 14.8. The van der Waals surface area contributed by atoms with Crippen LogP contribution in [-0.4, -0.2) is 40.1 Å². The average molecular weight is 408 g/mol. The molecule has 1 aliphatic heterocycles. The third-order valence-corrected chi connectivity index (χ3v) is 5.30. The van der Waals surface area contributed by atoms with Crippen molar-refractivity contribution >= 4 is 17.2 Å². The van der Waals surface area contributed by atoms with E-state index in [1.165, 1.54) is 17.0 Å². The predicted molar refractivity (Wildman–Crippen MR) is 112 cm³/mol. The second-order valence-corrected chi connectivity index (χ2v) is 7.34. The van der Waals surface area contributed by atoms with E-state index >= 15 is 0 Å². The van der Waals surface area contributed by atoms with Crippen LogP contribution in [0.15, 0.2) is 53.8 Å². The van der Waals surface area contributed by atoms with E-state index in [0.717, 1.165) is 12.3 Å². The Morgan fingerprint density at radius 2 is 2.03 bits per heavy atom. The minimum Gasteiger partial charge on any atom is -0.328 e. The molecule has 0 fully saturated rings. The first-order chi connectivity index (χ1) is 14.5. The van der Waals surface area contributed by atoms with Crippen molar-refractivity contribution in [3.05, 3.63) is 82.7 Å². The first-order valence-corrected chi connectivity index (χ1v) is 9.84. The summed E-state index contributed by atoms with van der Waals surface area (Å²) in [4.78, 5) is 18.1. The third-order valence-electron chi connectivity index (χ3n) is 5.30. The van der Waals surface area contributed by atoms with Crippen molar-refractivity contribution in [2.24, 2.45) is 5.10 Å². The van der Waals surface area contributed by atoms with Crippen molar-refractivity contribution in [1.82, 2.24) is 14.9 Å². The van der Waals surface area contributed by atoms with Crippen LogP contribution in [0.5, 0.6) is 0 Å². The zero-order valence-electron chi connectivity index (χ0n) is 16.9. The summed E-state index contributed by atoms with van der Waals surface area (Å²) in [7, 11) is 1.88. The fraction of sp³-hybridized carbons (Fsp3) is 0.261. The molecule has 0 atom stereocenters. The molecule has 5 nitrogen and oxygen atoms in total. The van der Waals surface area contributed by atoms with Gasteiger partial charge in [-0.1, -0.05) is 12.2 Å². The van der Waals surface area contributed by atoms with Gasteiger partial charge in [-0.15, -0.1) is 0 Å². The van der Waals surface area contributed by atoms with Crippen molar-refractivity contribution in [3.8, 4) is 0 Å². The summed E-state index contributed by atoms with van der Waals surface area (Å²) in [5, 5.41) is 6.25. The molecule has 4 rings (SSSR count). The van der Waals surface area contributed by atoms with Gasteiger partial charge in [0.05, 0.1) is 23.5 Å². The van der Waals surface area contributed by atoms with Gasteiger partial charge in [0.15, 0.2) is 0 Å². The highest BCUT2D eigenvalue weighted by Gasteiger charge is 2.29. The second-order valence-electron chi connectivity index (χ2n) is 7.34. The lowest BCUT2D eigenvalue weighted by Crippen LogP contribution is -2.24. The normalized spacial score (nSPS) is 16.8. The molecule has 0 radical (unpaired) electrons. The van der Waals surface area contributed by atoms with Crippen LogP contribution in [0.4, 0.5) is 8.78 Å². The highest BCUT2D eigenvalue weighted by molar-refractivity contribution is 6.01. The molecule has 30 heavy (non-hydrogen) atoms. The Hall–Kier alpha value is -3.35. The predicted octanol–water partition coefficient (Wildman–Crippen LogP) is 4.17. The van der Waals surface area contributed by atoms with Crippen LogP contribution < -0.4 is 0 Å². The molecular weight excluding hydrogens is 386 g/mol. The van der Waals surface area contributed by atoms with Gasteiger partial charge in [-0.3, -0.25) is 9.78 Å². The van der Waals surface area contributed by atoms with Crippen molar-refractivity contribution in [2.45, 2.75) is 26.4 Å². The van der Waals surface area contributed by atoms with Crippen LogP contribution in [0.25, 0.3) is 5.57 Å². The number of benzene rings is 1. The van der Waals surface area contributed by atoms with Gasteiger partial charge in [0.1, 0.15) is 11.6 Å². The topological polar surface area (TPSA) is 48.8 Å². The molecule has 1 aliphatic carbocycles. The van der Waals surface area contributed by atoms with E-state index in [4.69, 9.17) is 0 Å². The number of halogens is 2. The second kappa shape index (κ2) is 8.18. The van der Waals surface area contributed by atoms with Crippen LogP contribution in [0.3, 0.4) is 0 Å². The minimum absolute atomic E-state index is 0.00667. The molecular formula is C23H22F2N4O. The molecule has 1 aromatic heterocycles. The summed E-state index contributed by atoms with van der Waals surface area (Å²) in [6, 6.07) is 5.77. The molecule has 154 valence electrons. The quantitative estimate of drug-likeness (QED) is 0.698. The number of hydrogen-bond acceptors (Lipinski definition) is 4. The van der Waals surface area contributed by atoms with E-state index in [-0.39, 0.29) is 23.6 Å². The van der Waals surface area contributed by atoms with E-state index in [0.29, 0.717) is 29.8 Å². The van der Waals surface area contributed by atoms with Crippen molar-refractivity contribution < 1.29 is 13.6 Å². The lowest BCUT2D eigenvalue weighted by atomic mass is 9.97. The Morgan fingerprint density at radius 3 is 2.73 bits per heavy atom. The highest BCUT2D eigenvalue weighted by Crippen LogP contribution is 2.28. The molecule has 2 heterocycles. The Labute approximate surface area is 174 Å². The number of aromatic nitrogens is 1. The van der Waals surface area contributed by atoms with E-state index < -0.39 is 11.6 Å². The van der Waals surface area contributed by atoms with E-state index in [9.17, 15) is 13.6 Å². The first-order valence-electron chi connectivity index (χ1n) is 9.84. The van der Waals surface area contributed by atoms with E-state index in [2.05, 4.69) is 10.1 Å². The monoisotopic (exact) mass is 408 g/mol. The minimum atomic E-state index is -0.539. The number of amides is 1. The average Bonchev–Trinajstić information content (AvgIpc) is 3.06. The van der Waals surface area contributed by atoms with Crippen LogP contribution >= 0.6 is 0 Å². The summed E-state index contributed by atoms with van der Waals surface area (Å²) >= 11 is 0. The Balaban J connectivity index is 1.52. The zero-order valence-corrected chi connectivity index (χ0v) is 16.9. The molecule has 1 amide bonds. The van der Waals surface area contributed by atoms with Crippen LogP contribution in [0.1, 0.15) is 40.5 Å². The Bertz CT molecular complexity index is 1090. The van der Waals surface area contributed by atoms with Gasteiger partial charge < -0.3 is 9.91 Å². The lowest BCUT2D eigenvalue weighted by Gasteiger charge is -2.18. The molecule has 0 N–H and O–H groups in total. The number of carbonyl (C=O) groups is 1. The molecule has 7 heteroatoms. The molecule has 0 unspecified atom stereocenters. The van der Waals surface area contributed by atoms with Crippen LogP contribution in [0, 0.1) is 11.6 Å². The largest absolute Gasteiger partial charge is 0.328 e. The standard InChI is InChI=1S/C23H22F2N4O/c1-3-28(2)27-17-8-6-15(7-9-17)19-12-20(24)16(11-21(19)25)13-29-14-22-18(23(29)30)5-4-10-26-22/h4-8,10-12H,3,9,13-14H2,1-2H3/b27-17-. The number of carbonyl (C=O) groups excluding carboxylic acids is 1. The summed E-state index contributed by atoms with van der Waals surface area (Å²) in [6.45, 7) is 3.08. The maximum atomic E-state index is 14.8. The first kappa shape index (κ1) is 19.9. The van der Waals surface area contributed by atoms with Crippen molar-refractivity contribution in [1.29, 1.82) is 0 Å². The van der Waals surface area contributed by atoms with Crippen molar-refractivity contribution in [3.63, 3.8) is 0 Å². The van der Waals surface area contributed by atoms with Gasteiger partial charge in [0, 0.05) is 43.9 Å². The summed E-state index contributed by atoms with van der Waals surface area (Å²) in [5.74, 6) is -1.28. The molecule has 0 saturated carbocycles. The smallest absolute Gasteiger partial charge is 0.256 e. The summed E-state index contributed by atoms with van der Waals surface area (Å²) in [6.07, 6.45) is 7.57. The van der Waals surface area contributed by atoms with Crippen LogP contribution in [0.2, 0.25) is 0 Å². The van der Waals surface area contributed by atoms with Crippen molar-refractivity contribution in [2.75, 3.05) is 13.6 Å². The van der Waals surface area contributed by atoms with Gasteiger partial charge in [-0.05, 0) is 42.8 Å². The number of hydrogen-bond donors (Lipinski definition) is 0. The Morgan fingerprint density at radius 1 is 1.20 bits per heavy atom. The number of rotatable bonds is 5. The third kappa shape index (κ3) is 3.87. The van der Waals surface area contributed by atoms with Gasteiger partial charge in [0.2, 0.25) is 0 Å². The van der Waals surface area contributed by atoms with Gasteiger partial charge in [-0.25, -0.2) is 8.78 Å². The number of nitrogens with zero attached hydrogens (tertiary/aromatic N) is 4. The van der Waals surface area contributed by atoms with E-state index in [1.807, 2.05) is 31.1 Å². The number of allylic oxidation sites excluding steroid dienone is 4. The van der Waals surface area contributed by atoms with Gasteiger partial charge in [-0.2, -0.15) is 5.10 Å². The fourth-order valence-corrected chi connectivity index (χ4v) is 3.55. The van der Waals surface area contributed by atoms with Crippen LogP contribution in [-0.2, 0) is 13.1 Å². The summed E-state index contributed by atoms with van der Waals surface area (Å²) in [5.41, 5.74) is 2.99. The fourth-order valence-electron chi connectivity index (χ4n) is 3.55. The summed E-state index contributed by atoms with van der Waals surface area (Å²) < 4.78 is 29.6. The molecule has 0 bridgehead atoms. The lowest BCUT2D eigenvalue weighted by molar-refractivity contribution is 0.0764. The number of fused-ring (bicyclic) bond motifs is 1. The van der Waals surface area contributed by atoms with Gasteiger partial charge in [0.25, 0.3) is 5.91 Å². The molecule has 2 aromatic rings. The zero-order chi connectivity index (χ0) is 21.3.